The summed E-state index contributed by atoms with van der Waals surface area (Å²) in [5.74, 6) is -0.378. The summed E-state index contributed by atoms with van der Waals surface area (Å²) in [4.78, 5) is 26.1. The van der Waals surface area contributed by atoms with Crippen molar-refractivity contribution in [2.75, 3.05) is 5.32 Å². The number of esters is 1. The number of anilines is 1. The molecule has 2 heterocycles. The van der Waals surface area contributed by atoms with Crippen molar-refractivity contribution in [1.82, 2.24) is 9.78 Å². The molecule has 1 atom stereocenters. The number of hydrogen-bond acceptors (Lipinski definition) is 6. The number of hydrogen-bond donors (Lipinski definition) is 1. The summed E-state index contributed by atoms with van der Waals surface area (Å²) < 4.78 is 55.1. The van der Waals surface area contributed by atoms with Crippen molar-refractivity contribution in [3.8, 4) is 11.3 Å². The lowest BCUT2D eigenvalue weighted by Gasteiger charge is -2.23. The van der Waals surface area contributed by atoms with Crippen LogP contribution >= 0.6 is 0 Å². The quantitative estimate of drug-likeness (QED) is 0.223. The predicted molar refractivity (Wildman–Crippen MR) is 151 cm³/mol. The van der Waals surface area contributed by atoms with E-state index in [-0.39, 0.29) is 27.9 Å². The zero-order valence-electron chi connectivity index (χ0n) is 23.1. The summed E-state index contributed by atoms with van der Waals surface area (Å²) in [6.45, 7) is 6.85. The SMILES string of the molecule is CC(Nc1ccccc1C(=O)OC(C)(C)C)c1cc(C(F)(F)F)cc2c(=O)cc(-c3ccc4c(cnn4C)c3)oc12. The van der Waals surface area contributed by atoms with Crippen molar-refractivity contribution >= 4 is 33.5 Å². The third-order valence-corrected chi connectivity index (χ3v) is 6.60. The van der Waals surface area contributed by atoms with E-state index in [1.54, 1.807) is 82.0 Å². The Labute approximate surface area is 233 Å². The number of fused-ring (bicyclic) bond motifs is 2. The number of aromatic nitrogens is 2. The Morgan fingerprint density at radius 1 is 1.05 bits per heavy atom. The van der Waals surface area contributed by atoms with Crippen LogP contribution in [0.25, 0.3) is 33.2 Å². The normalized spacial score (nSPS) is 13.0. The van der Waals surface area contributed by atoms with Crippen LogP contribution in [0.4, 0.5) is 18.9 Å². The zero-order chi connectivity index (χ0) is 29.7. The van der Waals surface area contributed by atoms with Crippen LogP contribution in [0, 0.1) is 0 Å². The summed E-state index contributed by atoms with van der Waals surface area (Å²) >= 11 is 0. The Morgan fingerprint density at radius 3 is 2.49 bits per heavy atom. The van der Waals surface area contributed by atoms with Gasteiger partial charge in [-0.15, -0.1) is 0 Å². The van der Waals surface area contributed by atoms with Gasteiger partial charge in [0.25, 0.3) is 0 Å². The Bertz CT molecular complexity index is 1850. The lowest BCUT2D eigenvalue weighted by atomic mass is 9.99. The zero-order valence-corrected chi connectivity index (χ0v) is 23.1. The molecule has 0 spiro atoms. The van der Waals surface area contributed by atoms with Gasteiger partial charge in [0.05, 0.1) is 34.3 Å². The Kier molecular flexibility index (Phi) is 6.89. The molecule has 0 aliphatic rings. The first-order valence-corrected chi connectivity index (χ1v) is 12.9. The number of para-hydroxylation sites is 1. The molecule has 0 aliphatic heterocycles. The summed E-state index contributed by atoms with van der Waals surface area (Å²) in [5.41, 5.74) is -0.187. The molecule has 1 N–H and O–H groups in total. The first-order chi connectivity index (χ1) is 19.2. The highest BCUT2D eigenvalue weighted by molar-refractivity contribution is 5.96. The van der Waals surface area contributed by atoms with E-state index in [4.69, 9.17) is 9.15 Å². The standard InChI is InChI=1S/C31H28F3N3O4/c1-17(36-24-9-7-6-8-21(24)29(39)41-30(2,3)4)22-13-20(31(32,33)34)14-23-26(38)15-27(40-28(22)23)18-10-11-25-19(12-18)16-35-37(25)5/h6-17,36H,1-5H3. The molecule has 41 heavy (non-hydrogen) atoms. The fourth-order valence-corrected chi connectivity index (χ4v) is 4.66. The van der Waals surface area contributed by atoms with Gasteiger partial charge in [0, 0.05) is 35.3 Å². The molecule has 0 aliphatic carbocycles. The van der Waals surface area contributed by atoms with Gasteiger partial charge >= 0.3 is 12.1 Å². The van der Waals surface area contributed by atoms with Crippen LogP contribution in [-0.4, -0.2) is 21.4 Å². The van der Waals surface area contributed by atoms with Crippen LogP contribution in [0.3, 0.4) is 0 Å². The first kappa shape index (κ1) is 27.9. The third-order valence-electron chi connectivity index (χ3n) is 6.60. The van der Waals surface area contributed by atoms with E-state index in [9.17, 15) is 22.8 Å². The minimum atomic E-state index is -4.70. The number of benzene rings is 3. The largest absolute Gasteiger partial charge is 0.456 e. The minimum absolute atomic E-state index is 0.0153. The second kappa shape index (κ2) is 10.1. The molecule has 10 heteroatoms. The van der Waals surface area contributed by atoms with Crippen molar-refractivity contribution in [3.05, 3.63) is 93.8 Å². The van der Waals surface area contributed by atoms with E-state index in [1.165, 1.54) is 6.07 Å². The monoisotopic (exact) mass is 563 g/mol. The van der Waals surface area contributed by atoms with E-state index < -0.39 is 34.8 Å². The number of carbonyl (C=O) groups excluding carboxylic acids is 1. The number of rotatable bonds is 5. The predicted octanol–water partition coefficient (Wildman–Crippen LogP) is 7.49. The second-order valence-electron chi connectivity index (χ2n) is 10.9. The minimum Gasteiger partial charge on any atom is -0.456 e. The molecule has 0 saturated carbocycles. The lowest BCUT2D eigenvalue weighted by molar-refractivity contribution is -0.137. The van der Waals surface area contributed by atoms with Gasteiger partial charge in [-0.25, -0.2) is 4.79 Å². The number of alkyl halides is 3. The molecule has 5 rings (SSSR count). The molecule has 212 valence electrons. The maximum absolute atomic E-state index is 13.9. The van der Waals surface area contributed by atoms with Gasteiger partial charge in [-0.1, -0.05) is 12.1 Å². The van der Waals surface area contributed by atoms with Gasteiger partial charge in [-0.2, -0.15) is 18.3 Å². The van der Waals surface area contributed by atoms with Crippen molar-refractivity contribution < 1.29 is 27.1 Å². The summed E-state index contributed by atoms with van der Waals surface area (Å²) in [6, 6.07) is 14.1. The average Bonchev–Trinajstić information content (AvgIpc) is 3.26. The van der Waals surface area contributed by atoms with Gasteiger partial charge in [-0.3, -0.25) is 9.48 Å². The highest BCUT2D eigenvalue weighted by Crippen LogP contribution is 2.37. The lowest BCUT2D eigenvalue weighted by Crippen LogP contribution is -2.24. The van der Waals surface area contributed by atoms with Crippen LogP contribution in [0.2, 0.25) is 0 Å². The Balaban J connectivity index is 1.64. The fourth-order valence-electron chi connectivity index (χ4n) is 4.66. The molecule has 5 aromatic rings. The summed E-state index contributed by atoms with van der Waals surface area (Å²) in [6.07, 6.45) is -3.03. The van der Waals surface area contributed by atoms with Gasteiger partial charge < -0.3 is 14.5 Å². The summed E-state index contributed by atoms with van der Waals surface area (Å²) in [5, 5.41) is 7.97. The fraction of sp³-hybridized carbons (Fsp3) is 0.258. The molecule has 0 saturated heterocycles. The maximum atomic E-state index is 13.9. The molecule has 0 fully saturated rings. The third kappa shape index (κ3) is 5.68. The van der Waals surface area contributed by atoms with Crippen LogP contribution in [0.5, 0.6) is 0 Å². The van der Waals surface area contributed by atoms with Crippen LogP contribution in [-0.2, 0) is 18.0 Å². The van der Waals surface area contributed by atoms with E-state index >= 15 is 0 Å². The topological polar surface area (TPSA) is 86.4 Å². The highest BCUT2D eigenvalue weighted by atomic mass is 19.4. The van der Waals surface area contributed by atoms with E-state index in [2.05, 4.69) is 10.4 Å². The van der Waals surface area contributed by atoms with Crippen LogP contribution < -0.4 is 10.7 Å². The average molecular weight is 564 g/mol. The van der Waals surface area contributed by atoms with Crippen molar-refractivity contribution in [1.29, 1.82) is 0 Å². The van der Waals surface area contributed by atoms with Crippen molar-refractivity contribution in [3.63, 3.8) is 0 Å². The van der Waals surface area contributed by atoms with Crippen LogP contribution in [0.15, 0.2) is 76.1 Å². The molecule has 2 aromatic heterocycles. The van der Waals surface area contributed by atoms with Gasteiger partial charge in [0.1, 0.15) is 16.9 Å². The van der Waals surface area contributed by atoms with Crippen LogP contribution in [0.1, 0.15) is 55.2 Å². The number of aryl methyl sites for hydroxylation is 1. The molecule has 7 nitrogen and oxygen atoms in total. The smallest absolute Gasteiger partial charge is 0.416 e. The number of carbonyl (C=O) groups is 1. The maximum Gasteiger partial charge on any atom is 0.416 e. The van der Waals surface area contributed by atoms with Crippen molar-refractivity contribution in [2.24, 2.45) is 7.05 Å². The Morgan fingerprint density at radius 2 is 1.78 bits per heavy atom. The summed E-state index contributed by atoms with van der Waals surface area (Å²) in [7, 11) is 1.80. The second-order valence-corrected chi connectivity index (χ2v) is 10.9. The van der Waals surface area contributed by atoms with Gasteiger partial charge in [-0.05, 0) is 70.2 Å². The van der Waals surface area contributed by atoms with E-state index in [1.807, 2.05) is 6.07 Å². The van der Waals surface area contributed by atoms with E-state index in [0.29, 0.717) is 11.3 Å². The number of nitrogens with one attached hydrogen (secondary N) is 1. The van der Waals surface area contributed by atoms with Crippen molar-refractivity contribution in [2.45, 2.75) is 45.5 Å². The molecular formula is C31H28F3N3O4. The molecule has 0 bridgehead atoms. The molecule has 0 radical (unpaired) electrons. The molecule has 1 unspecified atom stereocenters. The van der Waals surface area contributed by atoms with E-state index in [0.717, 1.165) is 23.0 Å². The molecule has 0 amide bonds. The Hall–Kier alpha value is -4.60. The first-order valence-electron chi connectivity index (χ1n) is 12.9. The molecule has 3 aromatic carbocycles. The molecular weight excluding hydrogens is 535 g/mol. The van der Waals surface area contributed by atoms with Gasteiger partial charge in [0.2, 0.25) is 0 Å². The number of ether oxygens (including phenoxy) is 1. The number of nitrogens with zero attached hydrogens (tertiary/aromatic N) is 2. The number of halogens is 3. The highest BCUT2D eigenvalue weighted by Gasteiger charge is 2.33. The van der Waals surface area contributed by atoms with Gasteiger partial charge in [0.15, 0.2) is 5.43 Å².